The molecule has 0 spiro atoms. The number of nitrogens with one attached hydrogen (secondary N) is 1. The summed E-state index contributed by atoms with van der Waals surface area (Å²) in [6.45, 7) is -0.0162. The highest BCUT2D eigenvalue weighted by molar-refractivity contribution is 5.98. The molecule has 0 aromatic carbocycles. The second-order valence-electron chi connectivity index (χ2n) is 2.22. The van der Waals surface area contributed by atoms with E-state index in [4.69, 9.17) is 5.26 Å². The van der Waals surface area contributed by atoms with Gasteiger partial charge in [-0.3, -0.25) is 14.9 Å². The molecule has 1 heterocycles. The van der Waals surface area contributed by atoms with Gasteiger partial charge in [-0.05, 0) is 0 Å². The Hall–Kier alpha value is -1.61. The fourth-order valence-electron chi connectivity index (χ4n) is 0.843. The zero-order chi connectivity index (χ0) is 9.14. The largest absolute Gasteiger partial charge is 0.348 e. The number of urea groups is 1. The summed E-state index contributed by atoms with van der Waals surface area (Å²) in [5.74, 6) is -1.42. The molecule has 64 valence electrons. The monoisotopic (exact) mass is 169 g/mol. The number of carbonyl (C=O) groups is 2. The van der Waals surface area contributed by atoms with E-state index in [0.29, 0.717) is 0 Å². The molecule has 6 nitrogen and oxygen atoms in total. The number of imide groups is 1. The Morgan fingerprint density at radius 3 is 2.92 bits per heavy atom. The first-order valence-corrected chi connectivity index (χ1v) is 3.25. The topological polar surface area (TPSA) is 82.4 Å². The van der Waals surface area contributed by atoms with Gasteiger partial charge in [-0.15, -0.1) is 0 Å². The van der Waals surface area contributed by atoms with Crippen LogP contribution in [0.15, 0.2) is 0 Å². The third kappa shape index (κ3) is 1.35. The summed E-state index contributed by atoms with van der Waals surface area (Å²) < 4.78 is 0. The second kappa shape index (κ2) is 3.19. The number of carbonyl (C=O) groups excluding carboxylic acids is 2. The van der Waals surface area contributed by atoms with E-state index in [9.17, 15) is 9.59 Å². The number of hydrogen-bond acceptors (Lipinski definition) is 4. The highest BCUT2D eigenvalue weighted by Gasteiger charge is 2.32. The number of rotatable bonds is 1. The van der Waals surface area contributed by atoms with Gasteiger partial charge in [0.1, 0.15) is 5.92 Å². The average molecular weight is 169 g/mol. The minimum absolute atomic E-state index is 0.0162. The SMILES string of the molecule is CON1CC(C#N)C(=O)NC1=O. The Kier molecular flexibility index (Phi) is 2.26. The van der Waals surface area contributed by atoms with Crippen LogP contribution in [0, 0.1) is 17.2 Å². The molecule has 1 N–H and O–H groups in total. The molecule has 1 aliphatic heterocycles. The van der Waals surface area contributed by atoms with Crippen molar-refractivity contribution in [2.45, 2.75) is 0 Å². The van der Waals surface area contributed by atoms with E-state index in [1.54, 1.807) is 6.07 Å². The molecule has 0 aromatic rings. The quantitative estimate of drug-likeness (QED) is 0.559. The lowest BCUT2D eigenvalue weighted by molar-refractivity contribution is -0.137. The zero-order valence-electron chi connectivity index (χ0n) is 6.40. The lowest BCUT2D eigenvalue weighted by atomic mass is 10.1. The van der Waals surface area contributed by atoms with Crippen molar-refractivity contribution in [1.29, 1.82) is 5.26 Å². The van der Waals surface area contributed by atoms with Gasteiger partial charge < -0.3 is 0 Å². The molecule has 1 saturated heterocycles. The number of hydroxylamine groups is 2. The van der Waals surface area contributed by atoms with Crippen LogP contribution in [-0.4, -0.2) is 30.7 Å². The molecule has 1 fully saturated rings. The van der Waals surface area contributed by atoms with Gasteiger partial charge in [0.05, 0.1) is 19.7 Å². The van der Waals surface area contributed by atoms with Gasteiger partial charge in [0.2, 0.25) is 5.91 Å². The molecule has 3 amide bonds. The third-order valence-corrected chi connectivity index (χ3v) is 1.50. The minimum Gasteiger partial charge on any atom is -0.275 e. The summed E-state index contributed by atoms with van der Waals surface area (Å²) in [6, 6.07) is 1.12. The lowest BCUT2D eigenvalue weighted by Crippen LogP contribution is -2.53. The lowest BCUT2D eigenvalue weighted by Gasteiger charge is -2.26. The van der Waals surface area contributed by atoms with E-state index >= 15 is 0 Å². The molecule has 1 atom stereocenters. The van der Waals surface area contributed by atoms with Gasteiger partial charge >= 0.3 is 6.03 Å². The van der Waals surface area contributed by atoms with Gasteiger partial charge in [-0.1, -0.05) is 0 Å². The standard InChI is InChI=1S/C6H7N3O3/c1-12-9-3-4(2-7)5(10)8-6(9)11/h4H,3H2,1H3,(H,8,10,11). The Labute approximate surface area is 68.7 Å². The fourth-order valence-corrected chi connectivity index (χ4v) is 0.843. The fraction of sp³-hybridized carbons (Fsp3) is 0.500. The predicted molar refractivity (Wildman–Crippen MR) is 36.4 cm³/mol. The summed E-state index contributed by atoms with van der Waals surface area (Å²) >= 11 is 0. The Bertz CT molecular complexity index is 257. The Morgan fingerprint density at radius 2 is 2.42 bits per heavy atom. The van der Waals surface area contributed by atoms with Gasteiger partial charge in [-0.25, -0.2) is 9.86 Å². The van der Waals surface area contributed by atoms with Crippen molar-refractivity contribution < 1.29 is 14.4 Å². The Morgan fingerprint density at radius 1 is 1.75 bits per heavy atom. The summed E-state index contributed by atoms with van der Waals surface area (Å²) in [5.41, 5.74) is 0. The molecular weight excluding hydrogens is 162 g/mol. The van der Waals surface area contributed by atoms with Crippen molar-refractivity contribution in [3.8, 4) is 6.07 Å². The van der Waals surface area contributed by atoms with E-state index < -0.39 is 17.9 Å². The minimum atomic E-state index is -0.845. The maximum absolute atomic E-state index is 10.9. The summed E-state index contributed by atoms with van der Waals surface area (Å²) in [4.78, 5) is 26.3. The summed E-state index contributed by atoms with van der Waals surface area (Å²) in [5, 5.41) is 11.4. The van der Waals surface area contributed by atoms with E-state index in [1.165, 1.54) is 7.11 Å². The number of nitrogens with zero attached hydrogens (tertiary/aromatic N) is 2. The molecule has 12 heavy (non-hydrogen) atoms. The van der Waals surface area contributed by atoms with E-state index in [2.05, 4.69) is 4.84 Å². The maximum Gasteiger partial charge on any atom is 0.348 e. The third-order valence-electron chi connectivity index (χ3n) is 1.50. The highest BCUT2D eigenvalue weighted by Crippen LogP contribution is 2.06. The van der Waals surface area contributed by atoms with E-state index in [1.807, 2.05) is 5.32 Å². The number of hydrogen-bond donors (Lipinski definition) is 1. The molecule has 0 bridgehead atoms. The van der Waals surface area contributed by atoms with Gasteiger partial charge in [0.15, 0.2) is 0 Å². The first kappa shape index (κ1) is 8.49. The first-order chi connectivity index (χ1) is 5.69. The summed E-state index contributed by atoms with van der Waals surface area (Å²) in [7, 11) is 1.30. The molecule has 0 aliphatic carbocycles. The van der Waals surface area contributed by atoms with Crippen molar-refractivity contribution in [1.82, 2.24) is 10.4 Å². The molecule has 1 aliphatic rings. The van der Waals surface area contributed by atoms with Crippen LogP contribution in [0.5, 0.6) is 0 Å². The van der Waals surface area contributed by atoms with Crippen molar-refractivity contribution >= 4 is 11.9 Å². The molecule has 1 unspecified atom stereocenters. The van der Waals surface area contributed by atoms with Crippen molar-refractivity contribution in [2.24, 2.45) is 5.92 Å². The van der Waals surface area contributed by atoms with Crippen molar-refractivity contribution in [3.05, 3.63) is 0 Å². The van der Waals surface area contributed by atoms with Crippen LogP contribution < -0.4 is 5.32 Å². The maximum atomic E-state index is 10.9. The van der Waals surface area contributed by atoms with Crippen LogP contribution >= 0.6 is 0 Å². The molecule has 1 rings (SSSR count). The normalized spacial score (nSPS) is 23.3. The van der Waals surface area contributed by atoms with Crippen LogP contribution in [0.3, 0.4) is 0 Å². The zero-order valence-corrected chi connectivity index (χ0v) is 6.40. The van der Waals surface area contributed by atoms with Gasteiger partial charge in [0.25, 0.3) is 0 Å². The van der Waals surface area contributed by atoms with Crippen molar-refractivity contribution in [2.75, 3.05) is 13.7 Å². The van der Waals surface area contributed by atoms with Crippen LogP contribution in [0.25, 0.3) is 0 Å². The molecule has 0 aromatic heterocycles. The van der Waals surface area contributed by atoms with Gasteiger partial charge in [-0.2, -0.15) is 5.26 Å². The smallest absolute Gasteiger partial charge is 0.275 e. The van der Waals surface area contributed by atoms with Gasteiger partial charge in [0, 0.05) is 0 Å². The van der Waals surface area contributed by atoms with Crippen LogP contribution in [0.1, 0.15) is 0 Å². The first-order valence-electron chi connectivity index (χ1n) is 3.25. The number of amides is 3. The van der Waals surface area contributed by atoms with E-state index in [0.717, 1.165) is 5.06 Å². The Balaban J connectivity index is 2.71. The molecule has 0 saturated carbocycles. The highest BCUT2D eigenvalue weighted by atomic mass is 16.7. The van der Waals surface area contributed by atoms with Crippen LogP contribution in [-0.2, 0) is 9.63 Å². The van der Waals surface area contributed by atoms with Crippen LogP contribution in [0.4, 0.5) is 4.79 Å². The van der Waals surface area contributed by atoms with Crippen molar-refractivity contribution in [3.63, 3.8) is 0 Å². The average Bonchev–Trinajstić information content (AvgIpc) is 2.05. The summed E-state index contributed by atoms with van der Waals surface area (Å²) in [6.07, 6.45) is 0. The van der Waals surface area contributed by atoms with Crippen LogP contribution in [0.2, 0.25) is 0 Å². The molecule has 6 heteroatoms. The molecular formula is C6H7N3O3. The predicted octanol–water partition coefficient (Wildman–Crippen LogP) is -0.761. The second-order valence-corrected chi connectivity index (χ2v) is 2.22. The molecule has 0 radical (unpaired) electrons. The number of nitriles is 1. The van der Waals surface area contributed by atoms with E-state index in [-0.39, 0.29) is 6.54 Å².